The number of aromatic nitrogens is 3. The average Bonchev–Trinajstić information content (AvgIpc) is 3.15. The van der Waals surface area contributed by atoms with Gasteiger partial charge < -0.3 is 15.0 Å². The van der Waals surface area contributed by atoms with Crippen LogP contribution in [-0.4, -0.2) is 69.8 Å². The molecule has 2 heterocycles. The van der Waals surface area contributed by atoms with E-state index in [2.05, 4.69) is 39.8 Å². The Kier molecular flexibility index (Phi) is 11.3. The summed E-state index contributed by atoms with van der Waals surface area (Å²) in [6, 6.07) is 27.0. The molecule has 0 amide bonds. The highest BCUT2D eigenvalue weighted by Crippen LogP contribution is 2.25. The van der Waals surface area contributed by atoms with Gasteiger partial charge in [-0.25, -0.2) is 0 Å². The van der Waals surface area contributed by atoms with Crippen LogP contribution >= 0.6 is 0 Å². The number of benzene rings is 4. The number of anilines is 3. The molecule has 16 nitrogen and oxygen atoms in total. The van der Waals surface area contributed by atoms with E-state index in [1.807, 2.05) is 36.4 Å². The van der Waals surface area contributed by atoms with Crippen LogP contribution in [0.4, 0.5) is 40.3 Å². The minimum absolute atomic E-state index is 0.0312. The fourth-order valence-corrected chi connectivity index (χ4v) is 6.20. The fraction of sp³-hybridized carbons (Fsp3) is 0.206. The second-order valence-corrected chi connectivity index (χ2v) is 14.6. The first-order valence-corrected chi connectivity index (χ1v) is 18.8. The Morgan fingerprint density at radius 2 is 1.21 bits per heavy atom. The van der Waals surface area contributed by atoms with E-state index in [0.717, 1.165) is 18.4 Å². The van der Waals surface area contributed by atoms with E-state index in [0.29, 0.717) is 78.8 Å². The summed E-state index contributed by atoms with van der Waals surface area (Å²) in [5.74, 6) is 1.01. The van der Waals surface area contributed by atoms with Gasteiger partial charge in [-0.3, -0.25) is 8.74 Å². The molecule has 0 aliphatic carbocycles. The van der Waals surface area contributed by atoms with Gasteiger partial charge in [0.25, 0.3) is 20.2 Å². The molecule has 5 aromatic rings. The molecule has 1 saturated heterocycles. The van der Waals surface area contributed by atoms with Crippen LogP contribution in [0.1, 0.15) is 17.0 Å². The molecule has 18 heteroatoms. The Hall–Kier alpha value is -5.53. The first-order chi connectivity index (χ1) is 25.0. The maximum atomic E-state index is 11.8. The van der Waals surface area contributed by atoms with Gasteiger partial charge in [-0.2, -0.15) is 52.2 Å². The molecular weight excluding hydrogens is 711 g/mol. The Labute approximate surface area is 300 Å². The van der Waals surface area contributed by atoms with E-state index in [9.17, 15) is 16.8 Å². The highest BCUT2D eigenvalue weighted by atomic mass is 32.2. The number of hydrogen-bond donors (Lipinski definition) is 2. The van der Waals surface area contributed by atoms with Crippen LogP contribution in [-0.2, 0) is 41.3 Å². The number of morpholine rings is 1. The third-order valence-corrected chi connectivity index (χ3v) is 9.56. The molecule has 2 N–H and O–H groups in total. The monoisotopic (exact) mass is 743 g/mol. The third kappa shape index (κ3) is 10.3. The van der Waals surface area contributed by atoms with E-state index >= 15 is 0 Å². The van der Waals surface area contributed by atoms with Gasteiger partial charge in [0.05, 0.1) is 48.0 Å². The van der Waals surface area contributed by atoms with Crippen molar-refractivity contribution in [3.05, 3.63) is 114 Å². The number of azo groups is 2. The summed E-state index contributed by atoms with van der Waals surface area (Å²) in [7, 11) is -6.79. The van der Waals surface area contributed by atoms with E-state index in [1.54, 1.807) is 36.4 Å². The van der Waals surface area contributed by atoms with Crippen molar-refractivity contribution in [2.45, 2.75) is 17.1 Å². The average molecular weight is 744 g/mol. The molecule has 0 radical (unpaired) electrons. The molecule has 1 aliphatic rings. The van der Waals surface area contributed by atoms with Crippen LogP contribution in [0.25, 0.3) is 0 Å². The lowest BCUT2D eigenvalue weighted by Gasteiger charge is -2.27. The van der Waals surface area contributed by atoms with E-state index < -0.39 is 26.0 Å². The summed E-state index contributed by atoms with van der Waals surface area (Å²) in [6.07, 6.45) is 0.429. The smallest absolute Gasteiger partial charge is 0.296 e. The normalized spacial score (nSPS) is 13.9. The molecule has 52 heavy (non-hydrogen) atoms. The fourth-order valence-electron chi connectivity index (χ4n) is 4.93. The molecule has 0 atom stereocenters. The summed E-state index contributed by atoms with van der Waals surface area (Å²) in [6.45, 7) is 2.44. The number of rotatable bonds is 13. The molecule has 1 aliphatic heterocycles. The van der Waals surface area contributed by atoms with Crippen LogP contribution in [0.5, 0.6) is 0 Å². The molecule has 0 bridgehead atoms. The lowest BCUT2D eigenvalue weighted by Crippen LogP contribution is -2.37. The van der Waals surface area contributed by atoms with Crippen LogP contribution < -0.4 is 10.2 Å². The van der Waals surface area contributed by atoms with Crippen LogP contribution in [0.3, 0.4) is 0 Å². The zero-order valence-electron chi connectivity index (χ0n) is 27.8. The Bertz CT molecular complexity index is 2260. The zero-order valence-corrected chi connectivity index (χ0v) is 29.4. The van der Waals surface area contributed by atoms with Crippen molar-refractivity contribution in [2.75, 3.05) is 43.6 Å². The summed E-state index contributed by atoms with van der Waals surface area (Å²) in [4.78, 5) is 16.2. The molecule has 4 aromatic carbocycles. The topological polar surface area (TPSA) is 210 Å². The SMILES string of the molecule is COS(=O)(=O)c1ccc(N=Nc2ccc(Nc3nc(Cc4ccc(N=Nc5ccc(CS(=O)(=O)O)cc5)cc4)nc(N4CCOCC4)n3)cc2)cc1. The van der Waals surface area contributed by atoms with Crippen molar-refractivity contribution in [1.29, 1.82) is 0 Å². The van der Waals surface area contributed by atoms with Gasteiger partial charge in [-0.1, -0.05) is 24.3 Å². The van der Waals surface area contributed by atoms with Crippen LogP contribution in [0, 0.1) is 0 Å². The van der Waals surface area contributed by atoms with Gasteiger partial charge in [0, 0.05) is 25.2 Å². The third-order valence-electron chi connectivity index (χ3n) is 7.58. The number of hydrogen-bond acceptors (Lipinski definition) is 15. The van der Waals surface area contributed by atoms with Gasteiger partial charge >= 0.3 is 0 Å². The second kappa shape index (κ2) is 16.2. The van der Waals surface area contributed by atoms with Crippen LogP contribution in [0.2, 0.25) is 0 Å². The number of nitrogens with zero attached hydrogens (tertiary/aromatic N) is 8. The van der Waals surface area contributed by atoms with Crippen molar-refractivity contribution in [3.63, 3.8) is 0 Å². The molecule has 6 rings (SSSR count). The van der Waals surface area contributed by atoms with Gasteiger partial charge in [0.15, 0.2) is 0 Å². The number of nitrogens with one attached hydrogen (secondary N) is 1. The Balaban J connectivity index is 1.13. The molecule has 0 spiro atoms. The predicted octanol–water partition coefficient (Wildman–Crippen LogP) is 6.60. The van der Waals surface area contributed by atoms with Crippen molar-refractivity contribution >= 4 is 60.6 Å². The highest BCUT2D eigenvalue weighted by molar-refractivity contribution is 7.86. The number of ether oxygens (including phenoxy) is 1. The lowest BCUT2D eigenvalue weighted by molar-refractivity contribution is 0.122. The van der Waals surface area contributed by atoms with E-state index in [4.69, 9.17) is 19.3 Å². The standard InChI is InChI=1S/C34H33N9O7S2/c1-49-52(47,48)31-16-14-30(15-17-31)42-41-29-12-10-26(11-13-29)35-33-36-32(37-34(38-33)43-18-20-50-21-19-43)22-24-2-6-27(7-3-24)39-40-28-8-4-25(5-9-28)23-51(44,45)46/h2-17H,18-23H2,1H3,(H,44,45,46)(H,35,36,37,38). The Morgan fingerprint density at radius 3 is 1.73 bits per heavy atom. The van der Waals surface area contributed by atoms with E-state index in [1.165, 1.54) is 24.3 Å². The van der Waals surface area contributed by atoms with Crippen molar-refractivity contribution in [2.24, 2.45) is 20.5 Å². The largest absolute Gasteiger partial charge is 0.378 e. The second-order valence-electron chi connectivity index (χ2n) is 11.4. The van der Waals surface area contributed by atoms with Crippen LogP contribution in [0.15, 0.2) is 122 Å². The molecule has 268 valence electrons. The summed E-state index contributed by atoms with van der Waals surface area (Å²) < 4.78 is 64.9. The maximum Gasteiger partial charge on any atom is 0.296 e. The van der Waals surface area contributed by atoms with Gasteiger partial charge in [-0.15, -0.1) is 0 Å². The first-order valence-electron chi connectivity index (χ1n) is 15.8. The van der Waals surface area contributed by atoms with Crippen molar-refractivity contribution in [3.8, 4) is 0 Å². The zero-order chi connectivity index (χ0) is 36.6. The summed E-state index contributed by atoms with van der Waals surface area (Å²) in [5, 5.41) is 20.2. The van der Waals surface area contributed by atoms with Crippen molar-refractivity contribution in [1.82, 2.24) is 15.0 Å². The molecular formula is C34H33N9O7S2. The first kappa shape index (κ1) is 36.3. The van der Waals surface area contributed by atoms with Gasteiger partial charge in [0.2, 0.25) is 11.9 Å². The minimum atomic E-state index is -4.11. The quantitative estimate of drug-likeness (QED) is 0.0743. The molecule has 1 fully saturated rings. The summed E-state index contributed by atoms with van der Waals surface area (Å²) >= 11 is 0. The van der Waals surface area contributed by atoms with Gasteiger partial charge in [0.1, 0.15) is 11.6 Å². The lowest BCUT2D eigenvalue weighted by atomic mass is 10.1. The van der Waals surface area contributed by atoms with Gasteiger partial charge in [-0.05, 0) is 83.9 Å². The van der Waals surface area contributed by atoms with Crippen molar-refractivity contribution < 1.29 is 30.3 Å². The Morgan fingerprint density at radius 1 is 0.712 bits per heavy atom. The molecule has 0 unspecified atom stereocenters. The summed E-state index contributed by atoms with van der Waals surface area (Å²) in [5.41, 5.74) is 4.34. The predicted molar refractivity (Wildman–Crippen MR) is 193 cm³/mol. The highest BCUT2D eigenvalue weighted by Gasteiger charge is 2.17. The van der Waals surface area contributed by atoms with E-state index in [-0.39, 0.29) is 4.90 Å². The minimum Gasteiger partial charge on any atom is -0.378 e. The molecule has 0 saturated carbocycles. The maximum absolute atomic E-state index is 11.8. The molecule has 1 aromatic heterocycles.